The lowest BCUT2D eigenvalue weighted by Crippen LogP contribution is -2.47. The lowest BCUT2D eigenvalue weighted by molar-refractivity contribution is 0.0610. The smallest absolute Gasteiger partial charge is 0.170 e. The number of hydrogen-bond acceptors (Lipinski definition) is 4. The minimum atomic E-state index is 0.0941. The Hall–Kier alpha value is -1.55. The van der Waals surface area contributed by atoms with Crippen molar-refractivity contribution in [3.05, 3.63) is 23.8 Å². The second kappa shape index (κ2) is 6.69. The summed E-state index contributed by atoms with van der Waals surface area (Å²) in [5, 5.41) is 0. The van der Waals surface area contributed by atoms with Gasteiger partial charge in [-0.15, -0.1) is 0 Å². The maximum absolute atomic E-state index is 12.9. The van der Waals surface area contributed by atoms with Gasteiger partial charge in [-0.1, -0.05) is 6.42 Å². The van der Waals surface area contributed by atoms with Crippen LogP contribution in [0, 0.1) is 5.92 Å². The molecule has 1 atom stereocenters. The van der Waals surface area contributed by atoms with Gasteiger partial charge >= 0.3 is 0 Å². The summed E-state index contributed by atoms with van der Waals surface area (Å²) in [5.74, 6) is 1.64. The third kappa shape index (κ3) is 2.98. The molecule has 2 aliphatic rings. The molecule has 1 aliphatic heterocycles. The van der Waals surface area contributed by atoms with E-state index in [4.69, 9.17) is 9.47 Å². The molecule has 1 saturated carbocycles. The number of piperidine rings is 1. The molecule has 0 unspecified atom stereocenters. The van der Waals surface area contributed by atoms with Crippen LogP contribution in [0.1, 0.15) is 42.5 Å². The van der Waals surface area contributed by atoms with Gasteiger partial charge in [0.25, 0.3) is 0 Å². The highest BCUT2D eigenvalue weighted by molar-refractivity contribution is 6.00. The van der Waals surface area contributed by atoms with Crippen molar-refractivity contribution in [1.82, 2.24) is 4.90 Å². The Morgan fingerprint density at radius 3 is 2.59 bits per heavy atom. The van der Waals surface area contributed by atoms with E-state index in [2.05, 4.69) is 4.90 Å². The summed E-state index contributed by atoms with van der Waals surface area (Å²) in [5.41, 5.74) is 0.684. The van der Waals surface area contributed by atoms with E-state index >= 15 is 0 Å². The Bertz CT molecular complexity index is 539. The average molecular weight is 303 g/mol. The molecule has 1 aliphatic carbocycles. The van der Waals surface area contributed by atoms with Crippen molar-refractivity contribution in [2.45, 2.75) is 38.1 Å². The van der Waals surface area contributed by atoms with Crippen LogP contribution in [0.3, 0.4) is 0 Å². The lowest BCUT2D eigenvalue weighted by atomic mass is 9.85. The molecule has 4 heteroatoms. The van der Waals surface area contributed by atoms with Crippen molar-refractivity contribution in [2.75, 3.05) is 27.3 Å². The predicted molar refractivity (Wildman–Crippen MR) is 85.8 cm³/mol. The van der Waals surface area contributed by atoms with Crippen molar-refractivity contribution in [1.29, 1.82) is 0 Å². The van der Waals surface area contributed by atoms with E-state index in [0.29, 0.717) is 23.1 Å². The van der Waals surface area contributed by atoms with E-state index in [-0.39, 0.29) is 11.7 Å². The number of ether oxygens (including phenoxy) is 2. The Labute approximate surface area is 132 Å². The van der Waals surface area contributed by atoms with Gasteiger partial charge in [0.05, 0.1) is 19.8 Å². The molecule has 0 aromatic heterocycles. The van der Waals surface area contributed by atoms with Crippen LogP contribution in [0.5, 0.6) is 11.5 Å². The Morgan fingerprint density at radius 1 is 1.14 bits per heavy atom. The summed E-state index contributed by atoms with van der Waals surface area (Å²) >= 11 is 0. The fourth-order valence-corrected chi connectivity index (χ4v) is 3.53. The highest BCUT2D eigenvalue weighted by atomic mass is 16.5. The average Bonchev–Trinajstić information content (AvgIpc) is 2.52. The second-order valence-corrected chi connectivity index (χ2v) is 6.35. The molecule has 0 amide bonds. The number of benzene rings is 1. The number of nitrogens with zero attached hydrogens (tertiary/aromatic N) is 1. The number of Topliss-reactive ketones (excluding diaryl/α,β-unsaturated/α-hetero) is 1. The van der Waals surface area contributed by atoms with E-state index in [9.17, 15) is 4.79 Å². The molecule has 1 saturated heterocycles. The molecule has 1 aromatic rings. The van der Waals surface area contributed by atoms with E-state index in [1.165, 1.54) is 19.3 Å². The van der Waals surface area contributed by atoms with Crippen molar-refractivity contribution < 1.29 is 14.3 Å². The van der Waals surface area contributed by atoms with Gasteiger partial charge in [0.1, 0.15) is 11.5 Å². The Kier molecular flexibility index (Phi) is 4.67. The summed E-state index contributed by atoms with van der Waals surface area (Å²) < 4.78 is 10.6. The Morgan fingerprint density at radius 2 is 1.95 bits per heavy atom. The van der Waals surface area contributed by atoms with E-state index < -0.39 is 0 Å². The van der Waals surface area contributed by atoms with Crippen molar-refractivity contribution >= 4 is 5.78 Å². The fraction of sp³-hybridized carbons (Fsp3) is 0.611. The number of carbonyl (C=O) groups excluding carboxylic acids is 1. The van der Waals surface area contributed by atoms with Crippen LogP contribution in [0.2, 0.25) is 0 Å². The molecule has 4 nitrogen and oxygen atoms in total. The molecule has 22 heavy (non-hydrogen) atoms. The summed E-state index contributed by atoms with van der Waals surface area (Å²) in [6.45, 7) is 2.05. The first-order valence-corrected chi connectivity index (χ1v) is 8.23. The second-order valence-electron chi connectivity index (χ2n) is 6.35. The van der Waals surface area contributed by atoms with Gasteiger partial charge in [0.15, 0.2) is 5.78 Å². The number of rotatable bonds is 5. The van der Waals surface area contributed by atoms with Gasteiger partial charge in [-0.3, -0.25) is 9.69 Å². The number of hydrogen-bond donors (Lipinski definition) is 0. The number of methoxy groups -OCH3 is 2. The SMILES string of the molecule is COc1ccc(C(=O)[C@@H]2CCCN(C3CCC3)C2)c(OC)c1. The first kappa shape index (κ1) is 15.3. The van der Waals surface area contributed by atoms with Crippen molar-refractivity contribution in [3.63, 3.8) is 0 Å². The van der Waals surface area contributed by atoms with Gasteiger partial charge in [0, 0.05) is 24.6 Å². The van der Waals surface area contributed by atoms with E-state index in [0.717, 1.165) is 25.9 Å². The van der Waals surface area contributed by atoms with Crippen LogP contribution < -0.4 is 9.47 Å². The quantitative estimate of drug-likeness (QED) is 0.783. The zero-order valence-corrected chi connectivity index (χ0v) is 13.5. The molecule has 120 valence electrons. The van der Waals surface area contributed by atoms with Crippen LogP contribution >= 0.6 is 0 Å². The number of carbonyl (C=O) groups is 1. The topological polar surface area (TPSA) is 38.8 Å². The zero-order chi connectivity index (χ0) is 15.5. The maximum Gasteiger partial charge on any atom is 0.170 e. The highest BCUT2D eigenvalue weighted by Gasteiger charge is 2.33. The highest BCUT2D eigenvalue weighted by Crippen LogP contribution is 2.32. The Balaban J connectivity index is 1.75. The first-order valence-electron chi connectivity index (χ1n) is 8.23. The van der Waals surface area contributed by atoms with Gasteiger partial charge in [-0.25, -0.2) is 0 Å². The molecule has 3 rings (SSSR count). The van der Waals surface area contributed by atoms with Gasteiger partial charge in [-0.2, -0.15) is 0 Å². The number of likely N-dealkylation sites (tertiary alicyclic amines) is 1. The molecule has 1 aromatic carbocycles. The summed E-state index contributed by atoms with van der Waals surface area (Å²) in [7, 11) is 3.22. The van der Waals surface area contributed by atoms with Crippen molar-refractivity contribution in [2.24, 2.45) is 5.92 Å². The molecule has 0 bridgehead atoms. The lowest BCUT2D eigenvalue weighted by Gasteiger charge is -2.42. The van der Waals surface area contributed by atoms with Crippen LogP contribution in [-0.4, -0.2) is 44.0 Å². The molecule has 0 radical (unpaired) electrons. The minimum Gasteiger partial charge on any atom is -0.497 e. The maximum atomic E-state index is 12.9. The molecule has 1 heterocycles. The summed E-state index contributed by atoms with van der Waals surface area (Å²) in [6, 6.07) is 6.18. The van der Waals surface area contributed by atoms with Gasteiger partial charge < -0.3 is 9.47 Å². The molecule has 0 spiro atoms. The summed E-state index contributed by atoms with van der Waals surface area (Å²) in [6.07, 6.45) is 6.04. The first-order chi connectivity index (χ1) is 10.7. The predicted octanol–water partition coefficient (Wildman–Crippen LogP) is 3.15. The molecular weight excluding hydrogens is 278 g/mol. The molecule has 2 fully saturated rings. The third-order valence-electron chi connectivity index (χ3n) is 5.09. The van der Waals surface area contributed by atoms with Crippen LogP contribution in [0.15, 0.2) is 18.2 Å². The third-order valence-corrected chi connectivity index (χ3v) is 5.09. The monoisotopic (exact) mass is 303 g/mol. The van der Waals surface area contributed by atoms with E-state index in [1.54, 1.807) is 20.3 Å². The molecular formula is C18H25NO3. The fourth-order valence-electron chi connectivity index (χ4n) is 3.53. The standard InChI is InChI=1S/C18H25NO3/c1-21-15-8-9-16(17(11-15)22-2)18(20)13-5-4-10-19(12-13)14-6-3-7-14/h8-9,11,13-14H,3-7,10,12H2,1-2H3/t13-/m1/s1. The van der Waals surface area contributed by atoms with Crippen molar-refractivity contribution in [3.8, 4) is 11.5 Å². The number of ketones is 1. The van der Waals surface area contributed by atoms with E-state index in [1.807, 2.05) is 12.1 Å². The normalized spacial score (nSPS) is 22.9. The largest absolute Gasteiger partial charge is 0.497 e. The van der Waals surface area contributed by atoms with Crippen LogP contribution in [-0.2, 0) is 0 Å². The van der Waals surface area contributed by atoms with Gasteiger partial charge in [-0.05, 0) is 44.4 Å². The molecule has 0 N–H and O–H groups in total. The minimum absolute atomic E-state index is 0.0941. The summed E-state index contributed by atoms with van der Waals surface area (Å²) in [4.78, 5) is 15.4. The van der Waals surface area contributed by atoms with Crippen LogP contribution in [0.25, 0.3) is 0 Å². The van der Waals surface area contributed by atoms with Crippen LogP contribution in [0.4, 0.5) is 0 Å². The zero-order valence-electron chi connectivity index (χ0n) is 13.5. The van der Waals surface area contributed by atoms with Gasteiger partial charge in [0.2, 0.25) is 0 Å².